The number of nitrogens with zero attached hydrogens (tertiary/aromatic N) is 1. The average Bonchev–Trinajstić information content (AvgIpc) is 2.56. The number of hydrogen-bond donors (Lipinski definition) is 0. The summed E-state index contributed by atoms with van der Waals surface area (Å²) in [7, 11) is 0. The molecule has 2 heteroatoms. The molecule has 90 valence electrons. The van der Waals surface area contributed by atoms with Crippen molar-refractivity contribution >= 4 is 6.29 Å². The van der Waals surface area contributed by atoms with Gasteiger partial charge in [-0.15, -0.1) is 0 Å². The number of hydrogen-bond acceptors (Lipinski definition) is 1. The normalized spacial score (nSPS) is 11.4. The Morgan fingerprint density at radius 2 is 1.88 bits per heavy atom. The van der Waals surface area contributed by atoms with Gasteiger partial charge in [0.1, 0.15) is 0 Å². The van der Waals surface area contributed by atoms with Gasteiger partial charge in [0.05, 0.1) is 5.69 Å². The van der Waals surface area contributed by atoms with Crippen molar-refractivity contribution in [2.75, 3.05) is 0 Å². The van der Waals surface area contributed by atoms with E-state index in [9.17, 15) is 4.79 Å². The standard InChI is InChI=1S/C14H23NO/c1-11(2)5-6-13-7-8-14(10-16)15(13)9-12(3)4/h7-8,10-12H,5-6,9H2,1-4H3. The Kier molecular flexibility index (Phi) is 4.78. The molecule has 2 nitrogen and oxygen atoms in total. The zero-order valence-corrected chi connectivity index (χ0v) is 10.9. The molecule has 0 aliphatic carbocycles. The van der Waals surface area contributed by atoms with Crippen molar-refractivity contribution in [2.45, 2.75) is 47.1 Å². The molecule has 16 heavy (non-hydrogen) atoms. The molecule has 0 radical (unpaired) electrons. The fraction of sp³-hybridized carbons (Fsp3) is 0.643. The van der Waals surface area contributed by atoms with Gasteiger partial charge >= 0.3 is 0 Å². The summed E-state index contributed by atoms with van der Waals surface area (Å²) in [6.07, 6.45) is 3.21. The molecule has 0 fully saturated rings. The molecular formula is C14H23NO. The summed E-state index contributed by atoms with van der Waals surface area (Å²) in [5.41, 5.74) is 2.11. The molecule has 0 spiro atoms. The summed E-state index contributed by atoms with van der Waals surface area (Å²) < 4.78 is 2.17. The summed E-state index contributed by atoms with van der Waals surface area (Å²) in [6.45, 7) is 9.77. The Hall–Kier alpha value is -1.05. The van der Waals surface area contributed by atoms with E-state index < -0.39 is 0 Å². The minimum absolute atomic E-state index is 0.573. The number of aryl methyl sites for hydroxylation is 1. The zero-order valence-electron chi connectivity index (χ0n) is 10.9. The smallest absolute Gasteiger partial charge is 0.166 e. The summed E-state index contributed by atoms with van der Waals surface area (Å²) in [5, 5.41) is 0. The molecule has 0 unspecified atom stereocenters. The third-order valence-corrected chi connectivity index (χ3v) is 2.75. The molecule has 0 aromatic carbocycles. The first-order valence-corrected chi connectivity index (χ1v) is 6.18. The van der Waals surface area contributed by atoms with E-state index in [0.29, 0.717) is 11.8 Å². The Bertz CT molecular complexity index is 337. The average molecular weight is 221 g/mol. The lowest BCUT2D eigenvalue weighted by atomic mass is 10.1. The van der Waals surface area contributed by atoms with Gasteiger partial charge in [0, 0.05) is 12.2 Å². The lowest BCUT2D eigenvalue weighted by Crippen LogP contribution is -2.11. The first kappa shape index (κ1) is 13.0. The van der Waals surface area contributed by atoms with Crippen LogP contribution in [0.4, 0.5) is 0 Å². The predicted octanol–water partition coefficient (Wildman–Crippen LogP) is 3.55. The van der Waals surface area contributed by atoms with Crippen molar-refractivity contribution in [3.8, 4) is 0 Å². The first-order chi connectivity index (χ1) is 7.54. The second-order valence-corrected chi connectivity index (χ2v) is 5.30. The molecule has 1 heterocycles. The highest BCUT2D eigenvalue weighted by Crippen LogP contribution is 2.15. The summed E-state index contributed by atoms with van der Waals surface area (Å²) >= 11 is 0. The van der Waals surface area contributed by atoms with Gasteiger partial charge in [-0.3, -0.25) is 4.79 Å². The third-order valence-electron chi connectivity index (χ3n) is 2.75. The van der Waals surface area contributed by atoms with Crippen LogP contribution in [0.3, 0.4) is 0 Å². The minimum atomic E-state index is 0.573. The van der Waals surface area contributed by atoms with Gasteiger partial charge in [0.15, 0.2) is 6.29 Å². The topological polar surface area (TPSA) is 22.0 Å². The van der Waals surface area contributed by atoms with Crippen molar-refractivity contribution in [1.82, 2.24) is 4.57 Å². The van der Waals surface area contributed by atoms with Gasteiger partial charge in [0.25, 0.3) is 0 Å². The van der Waals surface area contributed by atoms with E-state index in [1.807, 2.05) is 6.07 Å². The van der Waals surface area contributed by atoms with Crippen molar-refractivity contribution in [3.05, 3.63) is 23.5 Å². The maximum absolute atomic E-state index is 10.9. The van der Waals surface area contributed by atoms with Gasteiger partial charge in [-0.25, -0.2) is 0 Å². The van der Waals surface area contributed by atoms with Crippen LogP contribution in [0.1, 0.15) is 50.3 Å². The fourth-order valence-corrected chi connectivity index (χ4v) is 1.87. The number of carbonyl (C=O) groups excluding carboxylic acids is 1. The highest BCUT2D eigenvalue weighted by atomic mass is 16.1. The predicted molar refractivity (Wildman–Crippen MR) is 67.8 cm³/mol. The summed E-state index contributed by atoms with van der Waals surface area (Å²) in [6, 6.07) is 4.03. The zero-order chi connectivity index (χ0) is 12.1. The van der Waals surface area contributed by atoms with Crippen LogP contribution in [0.2, 0.25) is 0 Å². The molecule has 1 aromatic heterocycles. The van der Waals surface area contributed by atoms with E-state index >= 15 is 0 Å². The number of aldehydes is 1. The van der Waals surface area contributed by atoms with E-state index in [1.54, 1.807) is 0 Å². The van der Waals surface area contributed by atoms with E-state index in [-0.39, 0.29) is 0 Å². The quantitative estimate of drug-likeness (QED) is 0.673. The fourth-order valence-electron chi connectivity index (χ4n) is 1.87. The van der Waals surface area contributed by atoms with Crippen molar-refractivity contribution in [1.29, 1.82) is 0 Å². The van der Waals surface area contributed by atoms with Crippen molar-refractivity contribution < 1.29 is 4.79 Å². The van der Waals surface area contributed by atoms with Gasteiger partial charge < -0.3 is 4.57 Å². The molecule has 0 atom stereocenters. The van der Waals surface area contributed by atoms with Gasteiger partial charge in [0.2, 0.25) is 0 Å². The minimum Gasteiger partial charge on any atom is -0.342 e. The number of aromatic nitrogens is 1. The maximum Gasteiger partial charge on any atom is 0.166 e. The van der Waals surface area contributed by atoms with Crippen LogP contribution >= 0.6 is 0 Å². The molecule has 1 aromatic rings. The molecule has 0 amide bonds. The van der Waals surface area contributed by atoms with Crippen LogP contribution in [-0.2, 0) is 13.0 Å². The van der Waals surface area contributed by atoms with Gasteiger partial charge in [-0.2, -0.15) is 0 Å². The first-order valence-electron chi connectivity index (χ1n) is 6.18. The van der Waals surface area contributed by atoms with Crippen LogP contribution in [0, 0.1) is 11.8 Å². The number of rotatable bonds is 6. The van der Waals surface area contributed by atoms with Crippen molar-refractivity contribution in [2.24, 2.45) is 11.8 Å². The Morgan fingerprint density at radius 1 is 1.19 bits per heavy atom. The van der Waals surface area contributed by atoms with Crippen LogP contribution in [0.5, 0.6) is 0 Å². The van der Waals surface area contributed by atoms with E-state index in [2.05, 4.69) is 38.3 Å². The highest BCUT2D eigenvalue weighted by Gasteiger charge is 2.09. The highest BCUT2D eigenvalue weighted by molar-refractivity contribution is 5.72. The Morgan fingerprint density at radius 3 is 2.38 bits per heavy atom. The molecule has 1 rings (SSSR count). The third kappa shape index (κ3) is 3.51. The number of carbonyl (C=O) groups is 1. The largest absolute Gasteiger partial charge is 0.342 e. The molecule has 0 saturated heterocycles. The molecule has 0 aliphatic heterocycles. The Labute approximate surface area is 98.7 Å². The molecule has 0 bridgehead atoms. The Balaban J connectivity index is 2.82. The van der Waals surface area contributed by atoms with E-state index in [0.717, 1.165) is 24.9 Å². The van der Waals surface area contributed by atoms with Crippen LogP contribution in [0.25, 0.3) is 0 Å². The van der Waals surface area contributed by atoms with Gasteiger partial charge in [-0.1, -0.05) is 27.7 Å². The van der Waals surface area contributed by atoms with Gasteiger partial charge in [-0.05, 0) is 36.8 Å². The van der Waals surface area contributed by atoms with Crippen LogP contribution in [-0.4, -0.2) is 10.9 Å². The summed E-state index contributed by atoms with van der Waals surface area (Å²) in [4.78, 5) is 10.9. The second-order valence-electron chi connectivity index (χ2n) is 5.30. The van der Waals surface area contributed by atoms with Crippen molar-refractivity contribution in [3.63, 3.8) is 0 Å². The molecular weight excluding hydrogens is 198 g/mol. The monoisotopic (exact) mass is 221 g/mol. The van der Waals surface area contributed by atoms with E-state index in [1.165, 1.54) is 12.1 Å². The van der Waals surface area contributed by atoms with Crippen LogP contribution in [0.15, 0.2) is 12.1 Å². The van der Waals surface area contributed by atoms with Crippen LogP contribution < -0.4 is 0 Å². The SMILES string of the molecule is CC(C)CCc1ccc(C=O)n1CC(C)C. The molecule has 0 aliphatic rings. The lowest BCUT2D eigenvalue weighted by molar-refractivity contribution is 0.111. The second kappa shape index (κ2) is 5.88. The molecule has 0 N–H and O–H groups in total. The summed E-state index contributed by atoms with van der Waals surface area (Å²) in [5.74, 6) is 1.28. The lowest BCUT2D eigenvalue weighted by Gasteiger charge is -2.14. The van der Waals surface area contributed by atoms with E-state index in [4.69, 9.17) is 0 Å². The maximum atomic E-state index is 10.9. The molecule has 0 saturated carbocycles.